The number of ether oxygens (including phenoxy) is 3. The third-order valence-corrected chi connectivity index (χ3v) is 7.39. The molecule has 2 aliphatic rings. The number of hydrogen-bond acceptors (Lipinski definition) is 9. The fourth-order valence-electron chi connectivity index (χ4n) is 5.30. The average molecular weight is 616 g/mol. The van der Waals surface area contributed by atoms with Crippen LogP contribution in [0.3, 0.4) is 0 Å². The first-order chi connectivity index (χ1) is 21.0. The molecule has 1 saturated carbocycles. The van der Waals surface area contributed by atoms with Gasteiger partial charge in [0.2, 0.25) is 17.7 Å². The Labute approximate surface area is 254 Å². The van der Waals surface area contributed by atoms with Crippen LogP contribution in [0.25, 0.3) is 16.9 Å². The monoisotopic (exact) mass is 615 g/mol. The predicted molar refractivity (Wildman–Crippen MR) is 158 cm³/mol. The summed E-state index contributed by atoms with van der Waals surface area (Å²) in [5, 5.41) is 3.00. The number of carbonyl (C=O) groups excluding carboxylic acids is 2. The van der Waals surface area contributed by atoms with E-state index in [1.165, 1.54) is 16.5 Å². The Morgan fingerprint density at radius 1 is 1.09 bits per heavy atom. The summed E-state index contributed by atoms with van der Waals surface area (Å²) < 4.78 is 46.7. The highest BCUT2D eigenvalue weighted by Gasteiger charge is 2.28. The number of halogens is 2. The summed E-state index contributed by atoms with van der Waals surface area (Å²) in [6.07, 6.45) is -0.935. The number of hydrogen-bond donors (Lipinski definition) is 1. The van der Waals surface area contributed by atoms with Crippen molar-refractivity contribution >= 4 is 29.0 Å². The summed E-state index contributed by atoms with van der Waals surface area (Å²) in [5.41, 5.74) is 0.300. The number of morpholine rings is 1. The van der Waals surface area contributed by atoms with Crippen LogP contribution >= 0.6 is 0 Å². The highest BCUT2D eigenvalue weighted by atomic mass is 19.3. The number of imidazole rings is 1. The largest absolute Gasteiger partial charge is 0.474 e. The van der Waals surface area contributed by atoms with Crippen LogP contribution in [-0.2, 0) is 14.3 Å². The lowest BCUT2D eigenvalue weighted by molar-refractivity contribution is -0.123. The molecule has 2 aromatic heterocycles. The van der Waals surface area contributed by atoms with Crippen molar-refractivity contribution < 1.29 is 32.6 Å². The highest BCUT2D eigenvalue weighted by molar-refractivity contribution is 5.82. The number of carbonyl (C=O) groups is 2. The van der Waals surface area contributed by atoms with Gasteiger partial charge in [0.25, 0.3) is 6.43 Å². The van der Waals surface area contributed by atoms with Gasteiger partial charge in [-0.3, -0.25) is 9.36 Å². The van der Waals surface area contributed by atoms with Gasteiger partial charge in [-0.05, 0) is 58.6 Å². The summed E-state index contributed by atoms with van der Waals surface area (Å²) in [4.78, 5) is 41.5. The minimum Gasteiger partial charge on any atom is -0.474 e. The molecule has 1 N–H and O–H groups in total. The fourth-order valence-corrected chi connectivity index (χ4v) is 5.30. The number of benzene rings is 1. The van der Waals surface area contributed by atoms with Gasteiger partial charge >= 0.3 is 6.09 Å². The van der Waals surface area contributed by atoms with Gasteiger partial charge < -0.3 is 29.3 Å². The summed E-state index contributed by atoms with van der Waals surface area (Å²) in [7, 11) is 1.52. The van der Waals surface area contributed by atoms with E-state index in [4.69, 9.17) is 14.2 Å². The van der Waals surface area contributed by atoms with Crippen LogP contribution in [0.1, 0.15) is 58.7 Å². The third-order valence-electron chi connectivity index (χ3n) is 7.39. The molecular weight excluding hydrogens is 576 g/mol. The lowest BCUT2D eigenvalue weighted by Crippen LogP contribution is -2.45. The van der Waals surface area contributed by atoms with Gasteiger partial charge in [0, 0.05) is 32.2 Å². The maximum atomic E-state index is 14.1. The fraction of sp³-hybridized carbons (Fsp3) is 0.567. The number of aromatic nitrogens is 4. The van der Waals surface area contributed by atoms with E-state index in [1.54, 1.807) is 51.1 Å². The van der Waals surface area contributed by atoms with E-state index in [9.17, 15) is 18.4 Å². The zero-order valence-corrected chi connectivity index (χ0v) is 25.5. The molecule has 5 rings (SSSR count). The molecule has 3 heterocycles. The predicted octanol–water partition coefficient (Wildman–Crippen LogP) is 4.26. The van der Waals surface area contributed by atoms with Crippen molar-refractivity contribution in [2.75, 3.05) is 44.8 Å². The van der Waals surface area contributed by atoms with Crippen LogP contribution in [0.4, 0.5) is 19.5 Å². The number of rotatable bonds is 8. The van der Waals surface area contributed by atoms with Crippen LogP contribution in [0.2, 0.25) is 0 Å². The molecule has 0 radical (unpaired) electrons. The first-order valence-electron chi connectivity index (χ1n) is 14.8. The summed E-state index contributed by atoms with van der Waals surface area (Å²) in [6, 6.07) is 8.44. The Bertz CT molecular complexity index is 1460. The Morgan fingerprint density at radius 3 is 2.48 bits per heavy atom. The topological polar surface area (TPSA) is 124 Å². The van der Waals surface area contributed by atoms with E-state index in [-0.39, 0.29) is 36.3 Å². The maximum Gasteiger partial charge on any atom is 0.410 e. The van der Waals surface area contributed by atoms with E-state index in [1.807, 2.05) is 4.90 Å². The lowest BCUT2D eigenvalue weighted by atomic mass is 9.93. The summed E-state index contributed by atoms with van der Waals surface area (Å²) >= 11 is 0. The van der Waals surface area contributed by atoms with Crippen LogP contribution in [0, 0.1) is 0 Å². The zero-order chi connectivity index (χ0) is 31.4. The number of fused-ring (bicyclic) bond motifs is 1. The Hall–Kier alpha value is -4.07. The zero-order valence-electron chi connectivity index (χ0n) is 25.5. The summed E-state index contributed by atoms with van der Waals surface area (Å²) in [6.45, 7) is 7.32. The molecule has 14 heteroatoms. The van der Waals surface area contributed by atoms with Crippen molar-refractivity contribution in [1.29, 1.82) is 0 Å². The Morgan fingerprint density at radius 2 is 1.80 bits per heavy atom. The van der Waals surface area contributed by atoms with E-state index < -0.39 is 23.9 Å². The van der Waals surface area contributed by atoms with Gasteiger partial charge in [0.05, 0.1) is 24.2 Å². The molecule has 0 unspecified atom stereocenters. The first-order valence-corrected chi connectivity index (χ1v) is 14.8. The minimum absolute atomic E-state index is 0.0647. The smallest absolute Gasteiger partial charge is 0.410 e. The molecule has 238 valence electrons. The third kappa shape index (κ3) is 7.71. The maximum absolute atomic E-state index is 14.1. The van der Waals surface area contributed by atoms with Crippen molar-refractivity contribution in [3.05, 3.63) is 36.2 Å². The molecule has 44 heavy (non-hydrogen) atoms. The van der Waals surface area contributed by atoms with Crippen molar-refractivity contribution in [2.24, 2.45) is 0 Å². The number of likely N-dealkylation sites (N-methyl/N-ethyl adjacent to an activating group) is 1. The molecule has 0 spiro atoms. The van der Waals surface area contributed by atoms with Gasteiger partial charge in [0.1, 0.15) is 24.1 Å². The molecule has 2 amide bonds. The molecule has 3 aromatic rings. The molecule has 1 aromatic carbocycles. The quantitative estimate of drug-likeness (QED) is 0.396. The minimum atomic E-state index is -2.82. The second-order valence-electron chi connectivity index (χ2n) is 12.1. The molecule has 1 aliphatic heterocycles. The second kappa shape index (κ2) is 13.3. The van der Waals surface area contributed by atoms with Crippen LogP contribution in [0.5, 0.6) is 5.88 Å². The van der Waals surface area contributed by atoms with Crippen LogP contribution in [0.15, 0.2) is 30.3 Å². The molecule has 1 aliphatic carbocycles. The van der Waals surface area contributed by atoms with Gasteiger partial charge in [-0.15, -0.1) is 0 Å². The van der Waals surface area contributed by atoms with Crippen molar-refractivity contribution in [3.63, 3.8) is 0 Å². The number of nitrogens with zero attached hydrogens (tertiary/aromatic N) is 6. The molecule has 12 nitrogen and oxygen atoms in total. The SMILES string of the molecule is CN(CC(=O)NC1CCC(Oc2cc(-n3c(C(F)F)nc4ccccc43)nc(N3CCOCC3)n2)CC1)C(=O)OC(C)(C)C. The van der Waals surface area contributed by atoms with E-state index in [2.05, 4.69) is 20.3 Å². The normalized spacial score (nSPS) is 19.2. The van der Waals surface area contributed by atoms with Gasteiger partial charge in [-0.1, -0.05) is 12.1 Å². The first kappa shape index (κ1) is 31.4. The molecule has 0 bridgehead atoms. The summed E-state index contributed by atoms with van der Waals surface area (Å²) in [5.74, 6) is 0.225. The van der Waals surface area contributed by atoms with Crippen molar-refractivity contribution in [3.8, 4) is 11.7 Å². The van der Waals surface area contributed by atoms with E-state index in [0.29, 0.717) is 69.0 Å². The molecule has 2 fully saturated rings. The van der Waals surface area contributed by atoms with Gasteiger partial charge in [-0.2, -0.15) is 9.97 Å². The highest BCUT2D eigenvalue weighted by Crippen LogP contribution is 2.31. The number of alkyl halides is 2. The number of nitrogens with one attached hydrogen (secondary N) is 1. The number of anilines is 1. The average Bonchev–Trinajstić information content (AvgIpc) is 3.38. The lowest BCUT2D eigenvalue weighted by Gasteiger charge is -2.31. The second-order valence-corrected chi connectivity index (χ2v) is 12.1. The van der Waals surface area contributed by atoms with Crippen LogP contribution < -0.4 is 15.0 Å². The van der Waals surface area contributed by atoms with Crippen molar-refractivity contribution in [1.82, 2.24) is 29.7 Å². The molecule has 1 saturated heterocycles. The van der Waals surface area contributed by atoms with Gasteiger partial charge in [0.15, 0.2) is 5.82 Å². The Balaban J connectivity index is 1.28. The van der Waals surface area contributed by atoms with Gasteiger partial charge in [-0.25, -0.2) is 18.6 Å². The van der Waals surface area contributed by atoms with E-state index >= 15 is 0 Å². The molecular formula is C30H39F2N7O5. The number of amides is 2. The molecule has 0 atom stereocenters. The van der Waals surface area contributed by atoms with E-state index in [0.717, 1.165) is 0 Å². The number of para-hydroxylation sites is 2. The van der Waals surface area contributed by atoms with Crippen molar-refractivity contribution in [2.45, 2.75) is 70.6 Å². The Kier molecular flexibility index (Phi) is 9.47. The van der Waals surface area contributed by atoms with Crippen LogP contribution in [-0.4, -0.2) is 94.1 Å². The standard InChI is InChI=1S/C30H39F2N7O5/c1-30(2,3)44-29(41)37(4)18-24(40)33-19-9-11-20(12-10-19)43-25-17-23(35-28(36-25)38-13-15-42-16-14-38)39-22-8-6-5-7-21(22)34-27(39)26(31)32/h5-8,17,19-20,26H,9-16,18H2,1-4H3,(H,33,40).